The predicted octanol–water partition coefficient (Wildman–Crippen LogP) is 0.505. The number of aromatic nitrogens is 1. The van der Waals surface area contributed by atoms with Crippen LogP contribution in [-0.4, -0.2) is 34.2 Å². The first-order valence-electron chi connectivity index (χ1n) is 7.84. The van der Waals surface area contributed by atoms with E-state index in [1.54, 1.807) is 24.5 Å². The van der Waals surface area contributed by atoms with Crippen molar-refractivity contribution in [2.24, 2.45) is 23.7 Å². The van der Waals surface area contributed by atoms with E-state index in [1.807, 2.05) is 12.2 Å². The third-order valence-corrected chi connectivity index (χ3v) is 5.10. The Hall–Kier alpha value is -2.50. The van der Waals surface area contributed by atoms with Gasteiger partial charge in [-0.15, -0.1) is 0 Å². The molecule has 118 valence electrons. The molecule has 2 bridgehead atoms. The van der Waals surface area contributed by atoms with Gasteiger partial charge in [-0.1, -0.05) is 12.2 Å². The van der Waals surface area contributed by atoms with E-state index < -0.39 is 0 Å². The molecule has 3 amide bonds. The van der Waals surface area contributed by atoms with Crippen LogP contribution in [0.4, 0.5) is 0 Å². The number of hydrogen-bond acceptors (Lipinski definition) is 4. The molecule has 2 fully saturated rings. The summed E-state index contributed by atoms with van der Waals surface area (Å²) in [5, 5.41) is 2.74. The van der Waals surface area contributed by atoms with Crippen molar-refractivity contribution in [3.63, 3.8) is 0 Å². The minimum Gasteiger partial charge on any atom is -0.350 e. The number of imide groups is 1. The molecule has 0 radical (unpaired) electrons. The van der Waals surface area contributed by atoms with Crippen molar-refractivity contribution in [3.05, 3.63) is 42.2 Å². The molecule has 1 aromatic rings. The van der Waals surface area contributed by atoms with E-state index in [-0.39, 0.29) is 47.9 Å². The van der Waals surface area contributed by atoms with Crippen LogP contribution in [0.25, 0.3) is 0 Å². The van der Waals surface area contributed by atoms with Crippen molar-refractivity contribution >= 4 is 17.7 Å². The largest absolute Gasteiger partial charge is 0.350 e. The monoisotopic (exact) mass is 311 g/mol. The first-order chi connectivity index (χ1) is 11.1. The van der Waals surface area contributed by atoms with Gasteiger partial charge >= 0.3 is 0 Å². The Kier molecular flexibility index (Phi) is 3.25. The Morgan fingerprint density at radius 1 is 1.13 bits per heavy atom. The Bertz CT molecular complexity index is 670. The fourth-order valence-corrected chi connectivity index (χ4v) is 4.02. The number of likely N-dealkylation sites (tertiary alicyclic amines) is 1. The van der Waals surface area contributed by atoms with Crippen LogP contribution in [0.3, 0.4) is 0 Å². The number of allylic oxidation sites excluding steroid dienone is 2. The van der Waals surface area contributed by atoms with E-state index in [1.165, 1.54) is 0 Å². The lowest BCUT2D eigenvalue weighted by Gasteiger charge is -2.16. The summed E-state index contributed by atoms with van der Waals surface area (Å²) < 4.78 is 0. The van der Waals surface area contributed by atoms with Gasteiger partial charge in [0, 0.05) is 18.9 Å². The number of fused-ring (bicyclic) bond motifs is 5. The fourth-order valence-electron chi connectivity index (χ4n) is 4.02. The minimum absolute atomic E-state index is 0.173. The maximum atomic E-state index is 12.5. The summed E-state index contributed by atoms with van der Waals surface area (Å²) in [7, 11) is 0. The van der Waals surface area contributed by atoms with Gasteiger partial charge in [0.2, 0.25) is 17.7 Å². The van der Waals surface area contributed by atoms with Gasteiger partial charge in [-0.05, 0) is 36.0 Å². The van der Waals surface area contributed by atoms with E-state index in [4.69, 9.17) is 0 Å². The molecule has 2 aliphatic carbocycles. The van der Waals surface area contributed by atoms with Crippen LogP contribution in [0.2, 0.25) is 0 Å². The van der Waals surface area contributed by atoms with Crippen molar-refractivity contribution in [1.82, 2.24) is 15.2 Å². The number of nitrogens with one attached hydrogen (secondary N) is 1. The van der Waals surface area contributed by atoms with Gasteiger partial charge in [0.25, 0.3) is 0 Å². The summed E-state index contributed by atoms with van der Waals surface area (Å²) in [4.78, 5) is 42.1. The number of hydrogen-bond donors (Lipinski definition) is 1. The van der Waals surface area contributed by atoms with Crippen molar-refractivity contribution in [1.29, 1.82) is 0 Å². The van der Waals surface area contributed by atoms with Crippen LogP contribution >= 0.6 is 0 Å². The molecule has 23 heavy (non-hydrogen) atoms. The smallest absolute Gasteiger partial charge is 0.240 e. The Morgan fingerprint density at radius 2 is 1.74 bits per heavy atom. The zero-order valence-corrected chi connectivity index (χ0v) is 12.5. The second-order valence-corrected chi connectivity index (χ2v) is 6.39. The van der Waals surface area contributed by atoms with Crippen LogP contribution in [0, 0.1) is 23.7 Å². The standard InChI is InChI=1S/C17H17N3O3/c21-13(19-8-10-3-5-18-6-4-10)9-20-16(22)14-11-1-2-12(7-11)15(14)17(20)23/h1-6,11-12,14-15H,7-9H2,(H,19,21). The van der Waals surface area contributed by atoms with E-state index >= 15 is 0 Å². The number of carbonyl (C=O) groups is 3. The highest BCUT2D eigenvalue weighted by Crippen LogP contribution is 2.52. The lowest BCUT2D eigenvalue weighted by atomic mass is 9.85. The third kappa shape index (κ3) is 2.25. The number of amides is 3. The van der Waals surface area contributed by atoms with E-state index in [9.17, 15) is 14.4 Å². The molecule has 0 aromatic carbocycles. The van der Waals surface area contributed by atoms with Crippen LogP contribution < -0.4 is 5.32 Å². The molecule has 6 nitrogen and oxygen atoms in total. The van der Waals surface area contributed by atoms with Crippen molar-refractivity contribution in [2.45, 2.75) is 13.0 Å². The maximum absolute atomic E-state index is 12.5. The molecule has 6 heteroatoms. The normalized spacial score (nSPS) is 30.9. The predicted molar refractivity (Wildman–Crippen MR) is 80.5 cm³/mol. The van der Waals surface area contributed by atoms with E-state index in [0.29, 0.717) is 6.54 Å². The van der Waals surface area contributed by atoms with Crippen LogP contribution in [-0.2, 0) is 20.9 Å². The van der Waals surface area contributed by atoms with Gasteiger partial charge in [-0.3, -0.25) is 24.3 Å². The fraction of sp³-hybridized carbons (Fsp3) is 0.412. The molecule has 1 aromatic heterocycles. The Balaban J connectivity index is 1.39. The first-order valence-corrected chi connectivity index (χ1v) is 7.84. The molecule has 3 aliphatic rings. The molecule has 1 aliphatic heterocycles. The maximum Gasteiger partial charge on any atom is 0.240 e. The van der Waals surface area contributed by atoms with Gasteiger partial charge in [-0.25, -0.2) is 0 Å². The number of rotatable bonds is 4. The van der Waals surface area contributed by atoms with Crippen molar-refractivity contribution in [3.8, 4) is 0 Å². The Labute approximate surface area is 133 Å². The summed E-state index contributed by atoms with van der Waals surface area (Å²) in [6.45, 7) is 0.173. The van der Waals surface area contributed by atoms with Gasteiger partial charge < -0.3 is 5.32 Å². The first kappa shape index (κ1) is 14.1. The van der Waals surface area contributed by atoms with Gasteiger partial charge in [0.15, 0.2) is 0 Å². The van der Waals surface area contributed by atoms with Gasteiger partial charge in [0.1, 0.15) is 6.54 Å². The summed E-state index contributed by atoms with van der Waals surface area (Å²) in [6.07, 6.45) is 8.29. The molecule has 0 spiro atoms. The quantitative estimate of drug-likeness (QED) is 0.649. The second kappa shape index (κ2) is 5.30. The van der Waals surface area contributed by atoms with Gasteiger partial charge in [-0.2, -0.15) is 0 Å². The molecule has 2 heterocycles. The zero-order chi connectivity index (χ0) is 16.0. The average Bonchev–Trinajstić information content (AvgIpc) is 3.24. The number of carbonyl (C=O) groups excluding carboxylic acids is 3. The average molecular weight is 311 g/mol. The highest BCUT2D eigenvalue weighted by atomic mass is 16.2. The molecule has 1 N–H and O–H groups in total. The van der Waals surface area contributed by atoms with E-state index in [0.717, 1.165) is 16.9 Å². The number of nitrogens with zero attached hydrogens (tertiary/aromatic N) is 2. The third-order valence-electron chi connectivity index (χ3n) is 5.10. The summed E-state index contributed by atoms with van der Waals surface area (Å²) in [5.74, 6) is -0.829. The van der Waals surface area contributed by atoms with Crippen molar-refractivity contribution < 1.29 is 14.4 Å². The molecule has 4 rings (SSSR count). The molecule has 1 saturated carbocycles. The lowest BCUT2D eigenvalue weighted by molar-refractivity contribution is -0.144. The van der Waals surface area contributed by atoms with Crippen LogP contribution in [0.1, 0.15) is 12.0 Å². The number of pyridine rings is 1. The summed E-state index contributed by atoms with van der Waals surface area (Å²) in [5.41, 5.74) is 0.923. The Morgan fingerprint density at radius 3 is 2.35 bits per heavy atom. The molecular weight excluding hydrogens is 294 g/mol. The summed E-state index contributed by atoms with van der Waals surface area (Å²) >= 11 is 0. The summed E-state index contributed by atoms with van der Waals surface area (Å²) in [6, 6.07) is 3.61. The highest BCUT2D eigenvalue weighted by molar-refractivity contribution is 6.08. The molecular formula is C17H17N3O3. The lowest BCUT2D eigenvalue weighted by Crippen LogP contribution is -2.41. The second-order valence-electron chi connectivity index (χ2n) is 6.39. The van der Waals surface area contributed by atoms with Gasteiger partial charge in [0.05, 0.1) is 11.8 Å². The van der Waals surface area contributed by atoms with Crippen molar-refractivity contribution in [2.75, 3.05) is 6.54 Å². The topological polar surface area (TPSA) is 79.4 Å². The molecule has 1 saturated heterocycles. The van der Waals surface area contributed by atoms with Crippen LogP contribution in [0.5, 0.6) is 0 Å². The van der Waals surface area contributed by atoms with Crippen LogP contribution in [0.15, 0.2) is 36.7 Å². The highest BCUT2D eigenvalue weighted by Gasteiger charge is 2.59. The molecule has 4 unspecified atom stereocenters. The zero-order valence-electron chi connectivity index (χ0n) is 12.5. The SMILES string of the molecule is O=C(CN1C(=O)C2C3C=CC(C3)C2C1=O)NCc1ccncc1. The minimum atomic E-state index is -0.316. The molecule has 4 atom stereocenters. The van der Waals surface area contributed by atoms with E-state index in [2.05, 4.69) is 10.3 Å².